The molecular formula is C17H22N4O. The van der Waals surface area contributed by atoms with Crippen molar-refractivity contribution in [1.29, 1.82) is 0 Å². The van der Waals surface area contributed by atoms with Gasteiger partial charge in [0.15, 0.2) is 5.82 Å². The van der Waals surface area contributed by atoms with Crippen LogP contribution in [0.2, 0.25) is 0 Å². The molecule has 3 rings (SSSR count). The summed E-state index contributed by atoms with van der Waals surface area (Å²) in [7, 11) is 0. The van der Waals surface area contributed by atoms with Gasteiger partial charge in [0.1, 0.15) is 12.9 Å². The molecule has 0 bridgehead atoms. The molecule has 1 aliphatic heterocycles. The number of benzene rings is 1. The van der Waals surface area contributed by atoms with Crippen LogP contribution in [0.3, 0.4) is 0 Å². The molecule has 2 atom stereocenters. The van der Waals surface area contributed by atoms with E-state index in [2.05, 4.69) is 23.9 Å². The van der Waals surface area contributed by atoms with Gasteiger partial charge >= 0.3 is 0 Å². The van der Waals surface area contributed by atoms with E-state index in [4.69, 9.17) is 0 Å². The Kier molecular flexibility index (Phi) is 4.22. The molecule has 1 amide bonds. The number of hydrogen-bond acceptors (Lipinski definition) is 3. The Hall–Kier alpha value is -2.17. The van der Waals surface area contributed by atoms with Crippen LogP contribution < -0.4 is 0 Å². The fraction of sp³-hybridized carbons (Fsp3) is 0.471. The Balaban J connectivity index is 1.66. The molecule has 0 aliphatic carbocycles. The van der Waals surface area contributed by atoms with Gasteiger partial charge in [-0.2, -0.15) is 5.10 Å². The first kappa shape index (κ1) is 14.8. The van der Waals surface area contributed by atoms with Crippen LogP contribution >= 0.6 is 0 Å². The number of carbonyl (C=O) groups excluding carboxylic acids is 1. The number of likely N-dealkylation sites (tertiary alicyclic amines) is 1. The van der Waals surface area contributed by atoms with Crippen molar-refractivity contribution >= 4 is 5.91 Å². The summed E-state index contributed by atoms with van der Waals surface area (Å²) in [5.41, 5.74) is 0.967. The Morgan fingerprint density at radius 2 is 1.86 bits per heavy atom. The lowest BCUT2D eigenvalue weighted by Crippen LogP contribution is -2.44. The summed E-state index contributed by atoms with van der Waals surface area (Å²) < 4.78 is 1.63. The quantitative estimate of drug-likeness (QED) is 0.874. The van der Waals surface area contributed by atoms with Crippen molar-refractivity contribution in [2.24, 2.45) is 11.8 Å². The van der Waals surface area contributed by atoms with E-state index in [0.717, 1.165) is 18.7 Å². The summed E-state index contributed by atoms with van der Waals surface area (Å²) in [6.07, 6.45) is 2.84. The number of aromatic nitrogens is 3. The van der Waals surface area contributed by atoms with Gasteiger partial charge in [0.05, 0.1) is 0 Å². The first-order valence-corrected chi connectivity index (χ1v) is 7.84. The third kappa shape index (κ3) is 3.35. The van der Waals surface area contributed by atoms with E-state index in [1.807, 2.05) is 35.2 Å². The molecule has 0 saturated carbocycles. The molecule has 0 radical (unpaired) electrons. The Labute approximate surface area is 131 Å². The smallest absolute Gasteiger partial charge is 0.244 e. The largest absolute Gasteiger partial charge is 0.341 e. The fourth-order valence-electron chi connectivity index (χ4n) is 3.20. The van der Waals surface area contributed by atoms with Crippen molar-refractivity contribution in [2.45, 2.75) is 26.8 Å². The van der Waals surface area contributed by atoms with Crippen LogP contribution in [0, 0.1) is 11.8 Å². The molecule has 2 aromatic rings. The highest BCUT2D eigenvalue weighted by Gasteiger charge is 2.25. The average Bonchev–Trinajstić information content (AvgIpc) is 2.95. The number of piperidine rings is 1. The predicted octanol–water partition coefficient (Wildman–Crippen LogP) is 2.45. The molecule has 22 heavy (non-hydrogen) atoms. The second-order valence-electron chi connectivity index (χ2n) is 6.38. The SMILES string of the molecule is C[C@H]1C[C@H](C)CN(C(=O)Cn2cnc(-c3ccccc3)n2)C1. The van der Waals surface area contributed by atoms with E-state index < -0.39 is 0 Å². The highest BCUT2D eigenvalue weighted by molar-refractivity contribution is 5.76. The second-order valence-corrected chi connectivity index (χ2v) is 6.38. The van der Waals surface area contributed by atoms with Gasteiger partial charge in [0, 0.05) is 18.7 Å². The maximum Gasteiger partial charge on any atom is 0.244 e. The van der Waals surface area contributed by atoms with Crippen LogP contribution in [0.1, 0.15) is 20.3 Å². The number of rotatable bonds is 3. The fourth-order valence-corrected chi connectivity index (χ4v) is 3.20. The summed E-state index contributed by atoms with van der Waals surface area (Å²) >= 11 is 0. The van der Waals surface area contributed by atoms with Crippen molar-refractivity contribution in [3.8, 4) is 11.4 Å². The van der Waals surface area contributed by atoms with E-state index in [-0.39, 0.29) is 12.5 Å². The molecule has 0 spiro atoms. The van der Waals surface area contributed by atoms with Crippen molar-refractivity contribution in [2.75, 3.05) is 13.1 Å². The van der Waals surface area contributed by atoms with Gasteiger partial charge in [-0.3, -0.25) is 4.79 Å². The standard InChI is InChI=1S/C17H22N4O/c1-13-8-14(2)10-20(9-13)16(22)11-21-12-18-17(19-21)15-6-4-3-5-7-15/h3-7,12-14H,8-11H2,1-2H3/t13-,14-/m0/s1. The molecule has 1 aromatic heterocycles. The predicted molar refractivity (Wildman–Crippen MR) is 85.0 cm³/mol. The van der Waals surface area contributed by atoms with Gasteiger partial charge in [-0.25, -0.2) is 9.67 Å². The summed E-state index contributed by atoms with van der Waals surface area (Å²) in [4.78, 5) is 18.7. The molecule has 1 aliphatic rings. The molecule has 2 heterocycles. The van der Waals surface area contributed by atoms with Gasteiger partial charge < -0.3 is 4.90 Å². The molecule has 1 fully saturated rings. The van der Waals surface area contributed by atoms with E-state index in [1.165, 1.54) is 6.42 Å². The van der Waals surface area contributed by atoms with Crippen molar-refractivity contribution in [3.63, 3.8) is 0 Å². The zero-order valence-corrected chi connectivity index (χ0v) is 13.1. The topological polar surface area (TPSA) is 51.0 Å². The van der Waals surface area contributed by atoms with Gasteiger partial charge in [0.25, 0.3) is 0 Å². The van der Waals surface area contributed by atoms with Crippen LogP contribution in [0.4, 0.5) is 0 Å². The maximum absolute atomic E-state index is 12.4. The van der Waals surface area contributed by atoms with Crippen LogP contribution in [0.5, 0.6) is 0 Å². The van der Waals surface area contributed by atoms with Gasteiger partial charge in [-0.05, 0) is 18.3 Å². The molecule has 5 heteroatoms. The van der Waals surface area contributed by atoms with Crippen LogP contribution in [-0.2, 0) is 11.3 Å². The van der Waals surface area contributed by atoms with Gasteiger partial charge in [-0.1, -0.05) is 44.2 Å². The van der Waals surface area contributed by atoms with E-state index in [0.29, 0.717) is 17.7 Å². The van der Waals surface area contributed by atoms with Crippen LogP contribution in [0.15, 0.2) is 36.7 Å². The lowest BCUT2D eigenvalue weighted by molar-refractivity contribution is -0.134. The summed E-state index contributed by atoms with van der Waals surface area (Å²) in [6.45, 7) is 6.38. The maximum atomic E-state index is 12.4. The van der Waals surface area contributed by atoms with Gasteiger partial charge in [0.2, 0.25) is 5.91 Å². The molecule has 1 aromatic carbocycles. The molecule has 0 N–H and O–H groups in total. The lowest BCUT2D eigenvalue weighted by Gasteiger charge is -2.34. The minimum absolute atomic E-state index is 0.128. The van der Waals surface area contributed by atoms with E-state index in [9.17, 15) is 4.79 Å². The van der Waals surface area contributed by atoms with Crippen LogP contribution in [-0.4, -0.2) is 38.7 Å². The highest BCUT2D eigenvalue weighted by Crippen LogP contribution is 2.21. The molecular weight excluding hydrogens is 276 g/mol. The minimum atomic E-state index is 0.128. The number of hydrogen-bond donors (Lipinski definition) is 0. The third-order valence-electron chi connectivity index (χ3n) is 4.09. The second kappa shape index (κ2) is 6.30. The lowest BCUT2D eigenvalue weighted by atomic mass is 9.92. The summed E-state index contributed by atoms with van der Waals surface area (Å²) in [6, 6.07) is 9.81. The monoisotopic (exact) mass is 298 g/mol. The Bertz CT molecular complexity index is 627. The van der Waals surface area contributed by atoms with Crippen molar-refractivity contribution < 1.29 is 4.79 Å². The zero-order valence-electron chi connectivity index (χ0n) is 13.1. The number of carbonyl (C=O) groups is 1. The van der Waals surface area contributed by atoms with Crippen LogP contribution in [0.25, 0.3) is 11.4 Å². The first-order chi connectivity index (χ1) is 10.6. The number of amides is 1. The molecule has 0 unspecified atom stereocenters. The highest BCUT2D eigenvalue weighted by atomic mass is 16.2. The molecule has 5 nitrogen and oxygen atoms in total. The van der Waals surface area contributed by atoms with Crippen molar-refractivity contribution in [1.82, 2.24) is 19.7 Å². The zero-order chi connectivity index (χ0) is 15.5. The summed E-state index contributed by atoms with van der Waals surface area (Å²) in [5, 5.41) is 4.41. The van der Waals surface area contributed by atoms with Gasteiger partial charge in [-0.15, -0.1) is 0 Å². The summed E-state index contributed by atoms with van der Waals surface area (Å²) in [5.74, 6) is 1.93. The first-order valence-electron chi connectivity index (χ1n) is 7.84. The van der Waals surface area contributed by atoms with E-state index in [1.54, 1.807) is 11.0 Å². The normalized spacial score (nSPS) is 21.8. The third-order valence-corrected chi connectivity index (χ3v) is 4.09. The minimum Gasteiger partial charge on any atom is -0.341 e. The number of nitrogens with zero attached hydrogens (tertiary/aromatic N) is 4. The average molecular weight is 298 g/mol. The molecule has 1 saturated heterocycles. The molecule has 116 valence electrons. The van der Waals surface area contributed by atoms with E-state index >= 15 is 0 Å². The van der Waals surface area contributed by atoms with Crippen molar-refractivity contribution in [3.05, 3.63) is 36.7 Å². The Morgan fingerprint density at radius 1 is 1.18 bits per heavy atom. The Morgan fingerprint density at radius 3 is 2.55 bits per heavy atom.